The van der Waals surface area contributed by atoms with Crippen LogP contribution in [0.5, 0.6) is 23.0 Å². The van der Waals surface area contributed by atoms with Gasteiger partial charge in [-0.25, -0.2) is 4.79 Å². The summed E-state index contributed by atoms with van der Waals surface area (Å²) in [6.45, 7) is 24.0. The van der Waals surface area contributed by atoms with Crippen LogP contribution in [0.15, 0.2) is 215 Å². The molecule has 0 spiro atoms. The third-order valence-corrected chi connectivity index (χ3v) is 27.7. The van der Waals surface area contributed by atoms with Gasteiger partial charge in [-0.1, -0.05) is 146 Å². The molecule has 4 N–H and O–H groups in total. The predicted octanol–water partition coefficient (Wildman–Crippen LogP) is 21.2. The number of aryl methyl sites for hydroxylation is 4. The van der Waals surface area contributed by atoms with Crippen LogP contribution in [-0.2, 0) is 17.7 Å². The summed E-state index contributed by atoms with van der Waals surface area (Å²) in [6, 6.07) is 59.9. The molecule has 5 fully saturated rings. The Bertz CT molecular complexity index is 6540. The standard InChI is InChI=1S/C28H32ClN3O4.C27H30ClN3O4.C27H28N4O4.C24H28Cl2N2O4/c1-17(2)22-13-20(7-8-24(22)29)19-9-11-32(12-10-19)15-21(33)16-34-25-5-4-6-26-23(25)14-27(36-26)28-31-30-18(3)35-28;1-3-18-13-20(7-8-23(18)28)19-9-11-31(12-10-19)15-21(32)16-33-24-5-4-6-25-22(24)14-26(35-25)27-30-29-17(2)34-27;1-18-28-29-27(34-18)26-15-22-24(7-4-8-25(22)35-26)33-17-21(32)16-30-12-10-20(11-13-30)31-14-9-19-5-2-3-6-23(19)31;25-22-5-4-19(13-23(22)26)18-6-8-27(9-7-18)15-20(29)16-32-21-3-1-2-17(12-21)14-28-10-11-31-24(28)30/h4-8,13-14,17,19,21,33H,9-12,15-16H2,1-3H3;4-8,13-14,19,21,32H,3,9-12,15-16H2,1-2H3;2-9,14-15,20-21,32H,10-13,16-17H2,1H3;1-5,12-13,18,20,29H,6-11,14-16H2. The van der Waals surface area contributed by atoms with Crippen LogP contribution >= 0.6 is 46.4 Å². The zero-order valence-electron chi connectivity index (χ0n) is 78.5. The average molecular weight is 1960 g/mol. The molecule has 0 bridgehead atoms. The number of ether oxygens (including phenoxy) is 5. The summed E-state index contributed by atoms with van der Waals surface area (Å²) in [6.07, 6.45) is 8.99. The number of aliphatic hydroxyl groups excluding tert-OH is 4. The van der Waals surface area contributed by atoms with Crippen molar-refractivity contribution in [2.75, 3.05) is 118 Å². The second kappa shape index (κ2) is 46.2. The minimum Gasteiger partial charge on any atom is -0.491 e. The highest BCUT2D eigenvalue weighted by molar-refractivity contribution is 6.42. The van der Waals surface area contributed by atoms with Crippen molar-refractivity contribution in [3.63, 3.8) is 0 Å². The second-order valence-corrected chi connectivity index (χ2v) is 38.2. The molecule has 12 heterocycles. The lowest BCUT2D eigenvalue weighted by molar-refractivity contribution is 0.0566. The van der Waals surface area contributed by atoms with E-state index in [2.05, 4.69) is 142 Å². The lowest BCUT2D eigenvalue weighted by Gasteiger charge is -2.34. The highest BCUT2D eigenvalue weighted by atomic mass is 35.5. The van der Waals surface area contributed by atoms with Crippen LogP contribution in [-0.4, -0.2) is 229 Å². The van der Waals surface area contributed by atoms with E-state index in [9.17, 15) is 25.2 Å². The number of benzene rings is 8. The monoisotopic (exact) mass is 1950 g/mol. The summed E-state index contributed by atoms with van der Waals surface area (Å²) in [5.74, 6) is 8.50. The Kier molecular flexibility index (Phi) is 32.9. The number of halogens is 4. The molecule has 15 aromatic rings. The Hall–Kier alpha value is -11.4. The Morgan fingerprint density at radius 3 is 1.26 bits per heavy atom. The normalized spacial score (nSPS) is 16.7. The number of carbonyl (C=O) groups excluding carboxylic acids is 1. The van der Waals surface area contributed by atoms with Crippen molar-refractivity contribution in [1.82, 2.24) is 59.7 Å². The maximum atomic E-state index is 11.6. The van der Waals surface area contributed by atoms with Gasteiger partial charge in [0, 0.05) is 113 Å². The van der Waals surface area contributed by atoms with E-state index in [1.165, 1.54) is 38.7 Å². The van der Waals surface area contributed by atoms with Crippen LogP contribution in [0, 0.1) is 20.8 Å². The van der Waals surface area contributed by atoms with Gasteiger partial charge in [-0.2, -0.15) is 0 Å². The number of fused-ring (bicyclic) bond motifs is 4. The minimum absolute atomic E-state index is 0.203. The number of hydrogen-bond donors (Lipinski definition) is 4. The van der Waals surface area contributed by atoms with Gasteiger partial charge in [-0.15, -0.1) is 30.6 Å². The minimum atomic E-state index is -0.593. The molecule has 5 saturated heterocycles. The molecule has 8 aromatic carbocycles. The lowest BCUT2D eigenvalue weighted by Crippen LogP contribution is -2.41. The van der Waals surface area contributed by atoms with Crippen LogP contribution in [0.1, 0.15) is 153 Å². The first-order valence-electron chi connectivity index (χ1n) is 47.7. The van der Waals surface area contributed by atoms with E-state index in [0.717, 1.165) is 142 Å². The molecule has 20 rings (SSSR count). The summed E-state index contributed by atoms with van der Waals surface area (Å²) in [5.41, 5.74) is 10.7. The molecule has 28 nitrogen and oxygen atoms in total. The number of cyclic esters (lactones) is 1. The zero-order valence-corrected chi connectivity index (χ0v) is 81.5. The van der Waals surface area contributed by atoms with Crippen molar-refractivity contribution in [2.45, 2.75) is 160 Å². The van der Waals surface area contributed by atoms with Crippen LogP contribution in [0.4, 0.5) is 4.79 Å². The van der Waals surface area contributed by atoms with Crippen LogP contribution in [0.2, 0.25) is 20.1 Å². The van der Waals surface area contributed by atoms with Gasteiger partial charge in [-0.3, -0.25) is 0 Å². The molecule has 32 heteroatoms. The highest BCUT2D eigenvalue weighted by Crippen LogP contribution is 2.41. The lowest BCUT2D eigenvalue weighted by atomic mass is 9.87. The fourth-order valence-corrected chi connectivity index (χ4v) is 19.8. The fourth-order valence-electron chi connectivity index (χ4n) is 19.0. The van der Waals surface area contributed by atoms with Gasteiger partial charge in [0.15, 0.2) is 17.3 Å². The van der Waals surface area contributed by atoms with Crippen LogP contribution in [0.25, 0.3) is 78.8 Å². The predicted molar refractivity (Wildman–Crippen MR) is 532 cm³/mol. The van der Waals surface area contributed by atoms with Gasteiger partial charge in [0.1, 0.15) is 97.2 Å². The van der Waals surface area contributed by atoms with Crippen molar-refractivity contribution in [3.8, 4) is 58.0 Å². The van der Waals surface area contributed by atoms with E-state index in [4.69, 9.17) is 96.6 Å². The molecule has 4 unspecified atom stereocenters. The number of amides is 1. The molecule has 0 aliphatic carbocycles. The number of carbonyl (C=O) groups is 1. The molecule has 1 amide bonds. The number of furan rings is 3. The molecule has 5 aliphatic heterocycles. The largest absolute Gasteiger partial charge is 0.491 e. The third kappa shape index (κ3) is 25.3. The number of aliphatic hydroxyl groups is 4. The van der Waals surface area contributed by atoms with Crippen molar-refractivity contribution in [3.05, 3.63) is 259 Å². The first-order valence-corrected chi connectivity index (χ1v) is 49.2. The number of hydrogen-bond acceptors (Lipinski definition) is 26. The summed E-state index contributed by atoms with van der Waals surface area (Å²) < 4.78 is 65.1. The van der Waals surface area contributed by atoms with Crippen molar-refractivity contribution < 1.29 is 75.4 Å². The van der Waals surface area contributed by atoms with Gasteiger partial charge in [0.25, 0.3) is 17.7 Å². The second-order valence-electron chi connectivity index (χ2n) is 36.6. The molecular formula is C106H118Cl4N12O16. The number of aromatic nitrogens is 7. The van der Waals surface area contributed by atoms with Crippen LogP contribution in [0.3, 0.4) is 0 Å². The number of β-amino-alcohol motifs (C(OH)–C–C–N with tert-alkyl or cyclic N) is 4. The van der Waals surface area contributed by atoms with Crippen molar-refractivity contribution in [2.24, 2.45) is 0 Å². The van der Waals surface area contributed by atoms with Crippen molar-refractivity contribution >= 4 is 96.3 Å². The topological polar surface area (TPSA) is 321 Å². The quantitative estimate of drug-likeness (QED) is 0.0314. The Balaban J connectivity index is 0.000000127. The van der Waals surface area contributed by atoms with E-state index >= 15 is 0 Å². The first-order chi connectivity index (χ1) is 67.0. The Morgan fingerprint density at radius 2 is 0.833 bits per heavy atom. The van der Waals surface area contributed by atoms with Gasteiger partial charge in [0.2, 0.25) is 17.7 Å². The molecular weight excluding hydrogens is 1840 g/mol. The van der Waals surface area contributed by atoms with E-state index in [1.807, 2.05) is 121 Å². The highest BCUT2D eigenvalue weighted by Gasteiger charge is 2.31. The molecule has 0 radical (unpaired) electrons. The van der Waals surface area contributed by atoms with Gasteiger partial charge in [0.05, 0.1) is 32.7 Å². The van der Waals surface area contributed by atoms with Crippen LogP contribution < -0.4 is 18.9 Å². The maximum absolute atomic E-state index is 11.6. The Morgan fingerprint density at radius 1 is 0.413 bits per heavy atom. The summed E-state index contributed by atoms with van der Waals surface area (Å²) in [5, 5.41) is 72.7. The molecule has 138 heavy (non-hydrogen) atoms. The SMILES string of the molecule is CCc1cc(C2CCN(CC(O)COc3cccc4oc(-c5nnc(C)o5)cc34)CC2)ccc1Cl.Cc1nnc(-c2cc3c(OCC(O)CN4CCC(c5ccc(Cl)c(C(C)C)c5)CC4)cccc3o2)o1.Cc1nnc(-c2cc3c(OCC(O)CN4CCC(n5ccc6ccccc65)CC4)cccc3o2)o1.O=C1OCCN1Cc1cccc(OCC(O)CN2CCC(c3ccc(Cl)c(Cl)c3)CC2)c1. The maximum Gasteiger partial charge on any atom is 0.410 e. The third-order valence-electron chi connectivity index (χ3n) is 26.3. The summed E-state index contributed by atoms with van der Waals surface area (Å²) in [7, 11) is 0. The number of piperidine rings is 4. The van der Waals surface area contributed by atoms with Gasteiger partial charge < -0.3 is 99.7 Å². The first kappa shape index (κ1) is 98.3. The number of likely N-dealkylation sites (tertiary alicyclic amines) is 4. The molecule has 5 aliphatic rings. The van der Waals surface area contributed by atoms with Gasteiger partial charge >= 0.3 is 6.09 Å². The van der Waals surface area contributed by atoms with Crippen molar-refractivity contribution in [1.29, 1.82) is 0 Å². The number of para-hydroxylation sites is 1. The van der Waals surface area contributed by atoms with E-state index in [0.29, 0.717) is 178 Å². The molecule has 726 valence electrons. The molecule has 4 atom stereocenters. The Labute approximate surface area is 821 Å². The van der Waals surface area contributed by atoms with E-state index in [1.54, 1.807) is 25.7 Å². The summed E-state index contributed by atoms with van der Waals surface area (Å²) in [4.78, 5) is 22.5. The van der Waals surface area contributed by atoms with E-state index in [-0.39, 0.29) is 32.5 Å². The number of nitrogens with zero attached hydrogens (tertiary/aromatic N) is 12. The van der Waals surface area contributed by atoms with Gasteiger partial charge in [-0.05, 0) is 244 Å². The number of rotatable bonds is 31. The molecule has 0 saturated carbocycles. The molecule has 7 aromatic heterocycles. The average Bonchev–Trinajstić information content (AvgIpc) is 1.66. The fraction of sp³-hybridized carbons (Fsp3) is 0.406. The zero-order chi connectivity index (χ0) is 95.9. The van der Waals surface area contributed by atoms with E-state index < -0.39 is 24.4 Å². The smallest absolute Gasteiger partial charge is 0.410 e. The summed E-state index contributed by atoms with van der Waals surface area (Å²) >= 11 is 24.9.